The normalized spacial score (nSPS) is 10.3. The zero-order valence-corrected chi connectivity index (χ0v) is 13.3. The molecule has 0 spiro atoms. The van der Waals surface area contributed by atoms with Gasteiger partial charge in [-0.2, -0.15) is 0 Å². The Bertz CT molecular complexity index is 627. The first kappa shape index (κ1) is 15.5. The maximum Gasteiger partial charge on any atom is 0.273 e. The van der Waals surface area contributed by atoms with Gasteiger partial charge in [0.25, 0.3) is 5.91 Å². The van der Waals surface area contributed by atoms with E-state index in [1.54, 1.807) is 22.7 Å². The van der Waals surface area contributed by atoms with Crippen molar-refractivity contribution in [2.24, 2.45) is 5.73 Å². The predicted octanol–water partition coefficient (Wildman–Crippen LogP) is 2.17. The van der Waals surface area contributed by atoms with Gasteiger partial charge in [0, 0.05) is 37.3 Å². The summed E-state index contributed by atoms with van der Waals surface area (Å²) in [7, 11) is 0. The number of nitrogens with two attached hydrogens (primary N) is 1. The Morgan fingerprint density at radius 2 is 2.33 bits per heavy atom. The van der Waals surface area contributed by atoms with E-state index in [1.807, 2.05) is 19.1 Å². The molecule has 2 aromatic heterocycles. The first-order chi connectivity index (χ1) is 10.1. The number of nitrogens with zero attached hydrogens (tertiary/aromatic N) is 3. The zero-order valence-electron chi connectivity index (χ0n) is 11.7. The average molecular weight is 320 g/mol. The highest BCUT2D eigenvalue weighted by atomic mass is 32.1. The maximum atomic E-state index is 12.5. The van der Waals surface area contributed by atoms with E-state index in [2.05, 4.69) is 9.97 Å². The molecule has 0 bridgehead atoms. The summed E-state index contributed by atoms with van der Waals surface area (Å²) >= 11 is 6.36. The van der Waals surface area contributed by atoms with Crippen molar-refractivity contribution < 1.29 is 4.79 Å². The number of hydrogen-bond donors (Lipinski definition) is 1. The van der Waals surface area contributed by atoms with Crippen LogP contribution in [0.4, 0.5) is 0 Å². The van der Waals surface area contributed by atoms with E-state index in [0.29, 0.717) is 30.2 Å². The van der Waals surface area contributed by atoms with Gasteiger partial charge in [0.15, 0.2) is 0 Å². The van der Waals surface area contributed by atoms with Crippen LogP contribution in [-0.2, 0) is 6.54 Å². The van der Waals surface area contributed by atoms with Gasteiger partial charge in [-0.3, -0.25) is 9.78 Å². The van der Waals surface area contributed by atoms with E-state index in [-0.39, 0.29) is 5.91 Å². The Morgan fingerprint density at radius 1 is 1.52 bits per heavy atom. The fraction of sp³-hybridized carbons (Fsp3) is 0.286. The molecule has 0 aromatic carbocycles. The van der Waals surface area contributed by atoms with E-state index in [9.17, 15) is 4.79 Å². The molecule has 0 radical (unpaired) electrons. The highest BCUT2D eigenvalue weighted by Crippen LogP contribution is 2.13. The number of aromatic nitrogens is 2. The monoisotopic (exact) mass is 320 g/mol. The minimum absolute atomic E-state index is 0.112. The summed E-state index contributed by atoms with van der Waals surface area (Å²) in [5, 5.41) is 2.64. The number of carbonyl (C=O) groups excluding carboxylic acids is 1. The minimum Gasteiger partial charge on any atom is -0.393 e. The summed E-state index contributed by atoms with van der Waals surface area (Å²) < 4.78 is 0. The van der Waals surface area contributed by atoms with Crippen molar-refractivity contribution in [2.45, 2.75) is 19.9 Å². The summed E-state index contributed by atoms with van der Waals surface area (Å²) in [6.07, 6.45) is 3.94. The second-order valence-electron chi connectivity index (χ2n) is 4.56. The Morgan fingerprint density at radius 3 is 2.90 bits per heavy atom. The third-order valence-electron chi connectivity index (χ3n) is 2.85. The molecular formula is C14H16N4OS2. The van der Waals surface area contributed by atoms with Crippen LogP contribution in [-0.4, -0.2) is 32.3 Å². The van der Waals surface area contributed by atoms with Crippen molar-refractivity contribution in [3.8, 4) is 0 Å². The molecule has 0 aliphatic carbocycles. The quantitative estimate of drug-likeness (QED) is 0.826. The van der Waals surface area contributed by atoms with Gasteiger partial charge >= 0.3 is 0 Å². The highest BCUT2D eigenvalue weighted by molar-refractivity contribution is 7.80. The lowest BCUT2D eigenvalue weighted by Crippen LogP contribution is -2.33. The van der Waals surface area contributed by atoms with Gasteiger partial charge in [0.1, 0.15) is 5.69 Å². The highest BCUT2D eigenvalue weighted by Gasteiger charge is 2.18. The molecule has 0 atom stereocenters. The standard InChI is InChI=1S/C14H16N4OS2/c1-10-17-12(9-21-10)14(19)18(6-4-13(15)20)8-11-3-2-5-16-7-11/h2-3,5,7,9H,4,6,8H2,1H3,(H2,15,20). The Kier molecular flexibility index (Phi) is 5.35. The van der Waals surface area contributed by atoms with Crippen molar-refractivity contribution >= 4 is 34.5 Å². The fourth-order valence-electron chi connectivity index (χ4n) is 1.83. The van der Waals surface area contributed by atoms with Crippen LogP contribution in [0.5, 0.6) is 0 Å². The average Bonchev–Trinajstić information content (AvgIpc) is 2.90. The lowest BCUT2D eigenvalue weighted by atomic mass is 10.2. The first-order valence-electron chi connectivity index (χ1n) is 6.45. The van der Waals surface area contributed by atoms with Crippen LogP contribution in [0.2, 0.25) is 0 Å². The molecule has 1 amide bonds. The molecule has 5 nitrogen and oxygen atoms in total. The van der Waals surface area contributed by atoms with E-state index in [0.717, 1.165) is 10.6 Å². The lowest BCUT2D eigenvalue weighted by Gasteiger charge is -2.21. The SMILES string of the molecule is Cc1nc(C(=O)N(CCC(N)=S)Cc2cccnc2)cs1. The van der Waals surface area contributed by atoms with Crippen molar-refractivity contribution in [3.05, 3.63) is 46.2 Å². The van der Waals surface area contributed by atoms with Crippen LogP contribution in [0, 0.1) is 6.92 Å². The van der Waals surface area contributed by atoms with Crippen LogP contribution < -0.4 is 5.73 Å². The van der Waals surface area contributed by atoms with Crippen LogP contribution in [0.15, 0.2) is 29.9 Å². The number of thiazole rings is 1. The smallest absolute Gasteiger partial charge is 0.273 e. The molecule has 2 heterocycles. The molecule has 0 saturated heterocycles. The summed E-state index contributed by atoms with van der Waals surface area (Å²) in [5.41, 5.74) is 6.97. The van der Waals surface area contributed by atoms with Crippen molar-refractivity contribution in [3.63, 3.8) is 0 Å². The van der Waals surface area contributed by atoms with E-state index < -0.39 is 0 Å². The van der Waals surface area contributed by atoms with Gasteiger partial charge in [0.05, 0.1) is 10.00 Å². The third-order valence-corrected chi connectivity index (χ3v) is 3.83. The van der Waals surface area contributed by atoms with Gasteiger partial charge in [-0.25, -0.2) is 4.98 Å². The molecular weight excluding hydrogens is 304 g/mol. The molecule has 0 aliphatic rings. The van der Waals surface area contributed by atoms with E-state index in [1.165, 1.54) is 11.3 Å². The summed E-state index contributed by atoms with van der Waals surface area (Å²) in [5.74, 6) is -0.112. The van der Waals surface area contributed by atoms with Crippen molar-refractivity contribution in [1.29, 1.82) is 0 Å². The second-order valence-corrected chi connectivity index (χ2v) is 6.14. The Hall–Kier alpha value is -1.86. The van der Waals surface area contributed by atoms with Crippen LogP contribution in [0.3, 0.4) is 0 Å². The molecule has 21 heavy (non-hydrogen) atoms. The first-order valence-corrected chi connectivity index (χ1v) is 7.73. The molecule has 2 rings (SSSR count). The molecule has 0 fully saturated rings. The Labute approximate surface area is 132 Å². The fourth-order valence-corrected chi connectivity index (χ4v) is 2.51. The largest absolute Gasteiger partial charge is 0.393 e. The van der Waals surface area contributed by atoms with Crippen LogP contribution >= 0.6 is 23.6 Å². The molecule has 0 saturated carbocycles. The van der Waals surface area contributed by atoms with E-state index >= 15 is 0 Å². The predicted molar refractivity (Wildman–Crippen MR) is 87.2 cm³/mol. The maximum absolute atomic E-state index is 12.5. The summed E-state index contributed by atoms with van der Waals surface area (Å²) in [6.45, 7) is 2.81. The van der Waals surface area contributed by atoms with Gasteiger partial charge < -0.3 is 10.6 Å². The van der Waals surface area contributed by atoms with Crippen molar-refractivity contribution in [2.75, 3.05) is 6.54 Å². The lowest BCUT2D eigenvalue weighted by molar-refractivity contribution is 0.0742. The molecule has 0 unspecified atom stereocenters. The molecule has 7 heteroatoms. The minimum atomic E-state index is -0.112. The second kappa shape index (κ2) is 7.24. The number of rotatable bonds is 6. The number of thiocarbonyl (C=S) groups is 1. The molecule has 0 aliphatic heterocycles. The zero-order chi connectivity index (χ0) is 15.2. The number of amides is 1. The Balaban J connectivity index is 2.14. The number of hydrogen-bond acceptors (Lipinski definition) is 5. The molecule has 2 N–H and O–H groups in total. The van der Waals surface area contributed by atoms with Crippen molar-refractivity contribution in [1.82, 2.24) is 14.9 Å². The van der Waals surface area contributed by atoms with E-state index in [4.69, 9.17) is 18.0 Å². The van der Waals surface area contributed by atoms with Gasteiger partial charge in [0.2, 0.25) is 0 Å². The van der Waals surface area contributed by atoms with Crippen LogP contribution in [0.1, 0.15) is 27.5 Å². The number of pyridine rings is 1. The topological polar surface area (TPSA) is 72.1 Å². The van der Waals surface area contributed by atoms with Crippen LogP contribution in [0.25, 0.3) is 0 Å². The third kappa shape index (κ3) is 4.57. The van der Waals surface area contributed by atoms with Gasteiger partial charge in [-0.1, -0.05) is 18.3 Å². The summed E-state index contributed by atoms with van der Waals surface area (Å²) in [4.78, 5) is 23.0. The number of aryl methyl sites for hydroxylation is 1. The number of carbonyl (C=O) groups is 1. The summed E-state index contributed by atoms with van der Waals surface area (Å²) in [6, 6.07) is 3.78. The molecule has 110 valence electrons. The molecule has 2 aromatic rings. The van der Waals surface area contributed by atoms with Gasteiger partial charge in [-0.15, -0.1) is 11.3 Å². The van der Waals surface area contributed by atoms with Gasteiger partial charge in [-0.05, 0) is 18.6 Å².